The molecule has 0 bridgehead atoms. The highest BCUT2D eigenvalue weighted by atomic mass is 32.2. The molecule has 0 unspecified atom stereocenters. The molecule has 0 saturated carbocycles. The van der Waals surface area contributed by atoms with Gasteiger partial charge in [-0.15, -0.1) is 0 Å². The summed E-state index contributed by atoms with van der Waals surface area (Å²) in [5.41, 5.74) is 3.37. The summed E-state index contributed by atoms with van der Waals surface area (Å²) < 4.78 is 40.3. The van der Waals surface area contributed by atoms with Crippen molar-refractivity contribution in [1.82, 2.24) is 9.29 Å². The third-order valence-electron chi connectivity index (χ3n) is 6.20. The molecule has 0 spiro atoms. The summed E-state index contributed by atoms with van der Waals surface area (Å²) in [5.74, 6) is 0.795. The maximum Gasteiger partial charge on any atom is 0.274 e. The summed E-state index contributed by atoms with van der Waals surface area (Å²) in [4.78, 5) is 4.97. The first kappa shape index (κ1) is 20.7. The third-order valence-corrected chi connectivity index (χ3v) is 9.01. The molecule has 1 fully saturated rings. The van der Waals surface area contributed by atoms with Crippen molar-refractivity contribution in [2.24, 2.45) is 0 Å². The summed E-state index contributed by atoms with van der Waals surface area (Å²) in [5, 5.41) is 0.624. The van der Waals surface area contributed by atoms with Gasteiger partial charge in [-0.1, -0.05) is 17.4 Å². The maximum atomic E-state index is 13.2. The van der Waals surface area contributed by atoms with Crippen LogP contribution in [0.2, 0.25) is 0 Å². The number of benzene rings is 2. The topological polar surface area (TPSA) is 68.7 Å². The fourth-order valence-electron chi connectivity index (χ4n) is 4.41. The van der Waals surface area contributed by atoms with Crippen molar-refractivity contribution < 1.29 is 17.9 Å². The molecule has 6 nitrogen and oxygen atoms in total. The van der Waals surface area contributed by atoms with E-state index in [1.165, 1.54) is 28.9 Å². The zero-order valence-corrected chi connectivity index (χ0v) is 19.2. The molecule has 1 aliphatic heterocycles. The van der Waals surface area contributed by atoms with Crippen LogP contribution in [-0.2, 0) is 22.9 Å². The number of thiazole rings is 1. The Morgan fingerprint density at radius 3 is 2.58 bits per heavy atom. The number of hydrogen-bond donors (Lipinski definition) is 0. The number of methoxy groups -OCH3 is 1. The lowest BCUT2D eigenvalue weighted by molar-refractivity contribution is 0.135. The Morgan fingerprint density at radius 1 is 1.03 bits per heavy atom. The Hall–Kier alpha value is -2.16. The molecular formula is C23H26N2O4S2. The van der Waals surface area contributed by atoms with Crippen LogP contribution in [0.15, 0.2) is 41.3 Å². The standard InChI is InChI=1S/C23H26N2O4S2/c1-28-19-7-9-21-22(15-19)30-23(24-21)29-18-10-12-25(13-11-18)31(26,27)20-8-6-16-4-2-3-5-17(16)14-20/h6-9,14-15,18H,2-5,10-13H2,1H3. The molecule has 0 atom stereocenters. The molecular weight excluding hydrogens is 432 g/mol. The molecule has 5 rings (SSSR count). The normalized spacial score (nSPS) is 18.1. The van der Waals surface area contributed by atoms with E-state index in [2.05, 4.69) is 4.98 Å². The van der Waals surface area contributed by atoms with Crippen LogP contribution in [0.5, 0.6) is 10.9 Å². The van der Waals surface area contributed by atoms with Gasteiger partial charge in [0.05, 0.1) is 22.2 Å². The van der Waals surface area contributed by atoms with Crippen molar-refractivity contribution in [3.05, 3.63) is 47.5 Å². The smallest absolute Gasteiger partial charge is 0.274 e. The van der Waals surface area contributed by atoms with Crippen molar-refractivity contribution in [3.8, 4) is 10.9 Å². The summed E-state index contributed by atoms with van der Waals surface area (Å²) >= 11 is 1.49. The number of nitrogens with zero attached hydrogens (tertiary/aromatic N) is 2. The lowest BCUT2D eigenvalue weighted by Crippen LogP contribution is -2.41. The van der Waals surface area contributed by atoms with Gasteiger partial charge >= 0.3 is 0 Å². The van der Waals surface area contributed by atoms with Gasteiger partial charge in [-0.3, -0.25) is 0 Å². The highest BCUT2D eigenvalue weighted by molar-refractivity contribution is 7.89. The number of hydrogen-bond acceptors (Lipinski definition) is 6. The molecule has 2 aliphatic rings. The predicted molar refractivity (Wildman–Crippen MR) is 122 cm³/mol. The van der Waals surface area contributed by atoms with Crippen LogP contribution in [0.25, 0.3) is 10.2 Å². The number of aromatic nitrogens is 1. The Balaban J connectivity index is 1.24. The second kappa shape index (κ2) is 8.41. The fraction of sp³-hybridized carbons (Fsp3) is 0.435. The molecule has 3 aromatic rings. The molecule has 1 aliphatic carbocycles. The molecule has 164 valence electrons. The summed E-state index contributed by atoms with van der Waals surface area (Å²) in [6.45, 7) is 0.922. The van der Waals surface area contributed by atoms with E-state index in [0.717, 1.165) is 35.2 Å². The Bertz CT molecular complexity index is 1200. The van der Waals surface area contributed by atoms with E-state index in [0.29, 0.717) is 36.0 Å². The Labute approximate surface area is 186 Å². The minimum absolute atomic E-state index is 0.0301. The van der Waals surface area contributed by atoms with E-state index < -0.39 is 10.0 Å². The lowest BCUT2D eigenvalue weighted by Gasteiger charge is -2.31. The molecule has 2 aromatic carbocycles. The number of aryl methyl sites for hydroxylation is 2. The Kier molecular flexibility index (Phi) is 5.62. The van der Waals surface area contributed by atoms with Gasteiger partial charge in [0.25, 0.3) is 5.19 Å². The van der Waals surface area contributed by atoms with E-state index in [9.17, 15) is 8.42 Å². The van der Waals surface area contributed by atoms with Gasteiger partial charge in [-0.05, 0) is 80.0 Å². The highest BCUT2D eigenvalue weighted by Crippen LogP contribution is 2.33. The van der Waals surface area contributed by atoms with Crippen LogP contribution < -0.4 is 9.47 Å². The zero-order valence-electron chi connectivity index (χ0n) is 17.5. The molecule has 1 aromatic heterocycles. The van der Waals surface area contributed by atoms with Crippen molar-refractivity contribution in [2.75, 3.05) is 20.2 Å². The van der Waals surface area contributed by atoms with Crippen LogP contribution in [-0.4, -0.2) is 44.0 Å². The fourth-order valence-corrected chi connectivity index (χ4v) is 6.84. The van der Waals surface area contributed by atoms with E-state index in [1.807, 2.05) is 30.3 Å². The van der Waals surface area contributed by atoms with Gasteiger partial charge in [0.15, 0.2) is 0 Å². The number of piperidine rings is 1. The minimum Gasteiger partial charge on any atom is -0.497 e. The van der Waals surface area contributed by atoms with E-state index in [-0.39, 0.29) is 6.10 Å². The monoisotopic (exact) mass is 458 g/mol. The molecule has 0 radical (unpaired) electrons. The molecule has 2 heterocycles. The van der Waals surface area contributed by atoms with Crippen LogP contribution in [0.4, 0.5) is 0 Å². The molecule has 0 amide bonds. The molecule has 31 heavy (non-hydrogen) atoms. The summed E-state index contributed by atoms with van der Waals surface area (Å²) in [6.07, 6.45) is 5.64. The number of sulfonamides is 1. The first-order valence-corrected chi connectivity index (χ1v) is 13.0. The predicted octanol–water partition coefficient (Wildman–Crippen LogP) is 4.42. The van der Waals surface area contributed by atoms with E-state index >= 15 is 0 Å². The second-order valence-electron chi connectivity index (χ2n) is 8.17. The number of ether oxygens (including phenoxy) is 2. The van der Waals surface area contributed by atoms with Crippen molar-refractivity contribution in [1.29, 1.82) is 0 Å². The lowest BCUT2D eigenvalue weighted by atomic mass is 9.92. The molecule has 0 N–H and O–H groups in total. The van der Waals surface area contributed by atoms with E-state index in [4.69, 9.17) is 9.47 Å². The average molecular weight is 459 g/mol. The first-order valence-electron chi connectivity index (χ1n) is 10.8. The Morgan fingerprint density at radius 2 is 1.81 bits per heavy atom. The SMILES string of the molecule is COc1ccc2nc(OC3CCN(S(=O)(=O)c4ccc5c(c4)CCCC5)CC3)sc2c1. The van der Waals surface area contributed by atoms with Gasteiger partial charge in [-0.2, -0.15) is 4.31 Å². The first-order chi connectivity index (χ1) is 15.0. The molecule has 8 heteroatoms. The van der Waals surface area contributed by atoms with Crippen molar-refractivity contribution in [2.45, 2.75) is 49.5 Å². The highest BCUT2D eigenvalue weighted by Gasteiger charge is 2.31. The van der Waals surface area contributed by atoms with Crippen molar-refractivity contribution in [3.63, 3.8) is 0 Å². The zero-order chi connectivity index (χ0) is 21.4. The number of fused-ring (bicyclic) bond motifs is 2. The summed E-state index contributed by atoms with van der Waals surface area (Å²) in [6, 6.07) is 11.4. The number of rotatable bonds is 5. The van der Waals surface area contributed by atoms with Crippen molar-refractivity contribution >= 4 is 31.6 Å². The third kappa shape index (κ3) is 4.16. The minimum atomic E-state index is -3.47. The van der Waals surface area contributed by atoms with Crippen LogP contribution >= 0.6 is 11.3 Å². The van der Waals surface area contributed by atoms with Gasteiger partial charge in [0.1, 0.15) is 11.9 Å². The van der Waals surface area contributed by atoms with Gasteiger partial charge in [0.2, 0.25) is 10.0 Å². The van der Waals surface area contributed by atoms with Crippen LogP contribution in [0.3, 0.4) is 0 Å². The molecule has 1 saturated heterocycles. The van der Waals surface area contributed by atoms with Gasteiger partial charge in [-0.25, -0.2) is 13.4 Å². The van der Waals surface area contributed by atoms with Crippen LogP contribution in [0, 0.1) is 0 Å². The van der Waals surface area contributed by atoms with Crippen LogP contribution in [0.1, 0.15) is 36.8 Å². The van der Waals surface area contributed by atoms with E-state index in [1.54, 1.807) is 17.5 Å². The quantitative estimate of drug-likeness (QED) is 0.566. The van der Waals surface area contributed by atoms with Gasteiger partial charge in [0, 0.05) is 13.1 Å². The maximum absolute atomic E-state index is 13.2. The average Bonchev–Trinajstić information content (AvgIpc) is 3.20. The summed E-state index contributed by atoms with van der Waals surface area (Å²) in [7, 11) is -1.82. The van der Waals surface area contributed by atoms with Gasteiger partial charge < -0.3 is 9.47 Å². The second-order valence-corrected chi connectivity index (χ2v) is 11.1. The largest absolute Gasteiger partial charge is 0.497 e.